The van der Waals surface area contributed by atoms with Gasteiger partial charge in [-0.15, -0.1) is 0 Å². The van der Waals surface area contributed by atoms with Crippen LogP contribution in [0.15, 0.2) is 30.3 Å². The van der Waals surface area contributed by atoms with Crippen molar-refractivity contribution in [3.8, 4) is 0 Å². The van der Waals surface area contributed by atoms with Crippen LogP contribution >= 0.6 is 22.6 Å². The van der Waals surface area contributed by atoms with E-state index in [0.717, 1.165) is 23.8 Å². The zero-order chi connectivity index (χ0) is 17.4. The number of hydroxylamine groups is 2. The molecule has 1 aliphatic heterocycles. The number of hydrogen-bond donors (Lipinski definition) is 0. The Morgan fingerprint density at radius 2 is 2.00 bits per heavy atom. The molecule has 1 aromatic rings. The highest BCUT2D eigenvalue weighted by Crippen LogP contribution is 2.31. The van der Waals surface area contributed by atoms with Crippen LogP contribution < -0.4 is 0 Å². The third-order valence-electron chi connectivity index (χ3n) is 4.38. The third kappa shape index (κ3) is 5.70. The smallest absolute Gasteiger partial charge is 0.303 e. The van der Waals surface area contributed by atoms with Gasteiger partial charge in [-0.3, -0.25) is 9.63 Å². The summed E-state index contributed by atoms with van der Waals surface area (Å²) in [5, 5.41) is 2.04. The standard InChI is InChI=1S/C19H28INO3/c1-3-4-5-9-12-17-19(23-15(2)22)18(13-20)24-21(17)14-16-10-7-6-8-11-16/h6-8,10-11,17-19H,3-5,9,12-14H2,1-2H3/t17-,18-,19-/m0/s1. The van der Waals surface area contributed by atoms with Gasteiger partial charge < -0.3 is 4.74 Å². The van der Waals surface area contributed by atoms with Gasteiger partial charge in [0.05, 0.1) is 6.04 Å². The first-order valence-electron chi connectivity index (χ1n) is 8.86. The highest BCUT2D eigenvalue weighted by Gasteiger charge is 2.44. The van der Waals surface area contributed by atoms with E-state index in [0.29, 0.717) is 0 Å². The Morgan fingerprint density at radius 1 is 1.25 bits per heavy atom. The number of hydrogen-bond acceptors (Lipinski definition) is 4. The van der Waals surface area contributed by atoms with Gasteiger partial charge >= 0.3 is 5.97 Å². The molecule has 0 amide bonds. The number of carbonyl (C=O) groups is 1. The lowest BCUT2D eigenvalue weighted by Gasteiger charge is -2.25. The van der Waals surface area contributed by atoms with Gasteiger partial charge in [-0.2, -0.15) is 5.06 Å². The van der Waals surface area contributed by atoms with E-state index in [-0.39, 0.29) is 24.2 Å². The van der Waals surface area contributed by atoms with Crippen LogP contribution in [-0.4, -0.2) is 33.7 Å². The second-order valence-corrected chi connectivity index (χ2v) is 7.23. The summed E-state index contributed by atoms with van der Waals surface area (Å²) in [4.78, 5) is 17.7. The van der Waals surface area contributed by atoms with E-state index in [9.17, 15) is 4.79 Å². The van der Waals surface area contributed by atoms with Crippen LogP contribution in [-0.2, 0) is 20.9 Å². The van der Waals surface area contributed by atoms with Crippen molar-refractivity contribution in [2.24, 2.45) is 0 Å². The molecule has 0 bridgehead atoms. The molecule has 1 fully saturated rings. The first kappa shape index (κ1) is 19.7. The molecule has 0 aliphatic carbocycles. The molecular weight excluding hydrogens is 417 g/mol. The van der Waals surface area contributed by atoms with Crippen LogP contribution in [0.1, 0.15) is 51.5 Å². The number of ether oxygens (including phenoxy) is 1. The lowest BCUT2D eigenvalue weighted by atomic mass is 10.00. The van der Waals surface area contributed by atoms with Crippen molar-refractivity contribution >= 4 is 28.6 Å². The fourth-order valence-corrected chi connectivity index (χ4v) is 3.85. The number of rotatable bonds is 9. The topological polar surface area (TPSA) is 38.8 Å². The molecule has 5 heteroatoms. The average Bonchev–Trinajstić information content (AvgIpc) is 2.89. The SMILES string of the molecule is CCCCCC[C@H]1[C@H](OC(C)=O)[C@H](CI)ON1Cc1ccccc1. The van der Waals surface area contributed by atoms with Crippen molar-refractivity contribution in [1.29, 1.82) is 0 Å². The molecule has 1 heterocycles. The minimum absolute atomic E-state index is 0.0608. The van der Waals surface area contributed by atoms with Gasteiger partial charge in [0.2, 0.25) is 0 Å². The fourth-order valence-electron chi connectivity index (χ4n) is 3.19. The van der Waals surface area contributed by atoms with E-state index in [1.165, 1.54) is 31.7 Å². The first-order chi connectivity index (χ1) is 11.7. The van der Waals surface area contributed by atoms with Crippen LogP contribution in [0.3, 0.4) is 0 Å². The molecule has 0 N–H and O–H groups in total. The normalized spacial score (nSPS) is 24.2. The molecule has 3 atom stereocenters. The highest BCUT2D eigenvalue weighted by atomic mass is 127. The van der Waals surface area contributed by atoms with Crippen molar-refractivity contribution in [3.05, 3.63) is 35.9 Å². The number of benzene rings is 1. The molecule has 0 radical (unpaired) electrons. The van der Waals surface area contributed by atoms with E-state index in [2.05, 4.69) is 41.6 Å². The summed E-state index contributed by atoms with van der Waals surface area (Å²) < 4.78 is 6.45. The van der Waals surface area contributed by atoms with Gasteiger partial charge in [0.1, 0.15) is 12.2 Å². The van der Waals surface area contributed by atoms with Crippen LogP contribution in [0.5, 0.6) is 0 Å². The molecule has 1 saturated heterocycles. The average molecular weight is 445 g/mol. The summed E-state index contributed by atoms with van der Waals surface area (Å²) in [7, 11) is 0. The molecule has 1 aromatic carbocycles. The first-order valence-corrected chi connectivity index (χ1v) is 10.4. The number of halogens is 1. The monoisotopic (exact) mass is 445 g/mol. The lowest BCUT2D eigenvalue weighted by molar-refractivity contribution is -0.165. The zero-order valence-electron chi connectivity index (χ0n) is 14.6. The number of alkyl halides is 1. The second-order valence-electron chi connectivity index (χ2n) is 6.35. The summed E-state index contributed by atoms with van der Waals surface area (Å²) in [5.41, 5.74) is 1.21. The van der Waals surface area contributed by atoms with Crippen molar-refractivity contribution in [1.82, 2.24) is 5.06 Å². The molecule has 2 rings (SSSR count). The minimum Gasteiger partial charge on any atom is -0.458 e. The molecule has 0 saturated carbocycles. The molecule has 4 nitrogen and oxygen atoms in total. The maximum Gasteiger partial charge on any atom is 0.303 e. The summed E-state index contributed by atoms with van der Waals surface area (Å²) in [6.45, 7) is 4.43. The van der Waals surface area contributed by atoms with Crippen molar-refractivity contribution < 1.29 is 14.4 Å². The van der Waals surface area contributed by atoms with E-state index >= 15 is 0 Å². The predicted octanol–water partition coefficient (Wildman–Crippen LogP) is 4.51. The molecule has 0 unspecified atom stereocenters. The zero-order valence-corrected chi connectivity index (χ0v) is 16.8. The highest BCUT2D eigenvalue weighted by molar-refractivity contribution is 14.1. The Balaban J connectivity index is 2.08. The minimum atomic E-state index is -0.224. The molecule has 1 aliphatic rings. The summed E-state index contributed by atoms with van der Waals surface area (Å²) in [5.74, 6) is -0.224. The number of unbranched alkanes of at least 4 members (excludes halogenated alkanes) is 3. The molecule has 134 valence electrons. The van der Waals surface area contributed by atoms with Gasteiger partial charge in [-0.05, 0) is 12.0 Å². The van der Waals surface area contributed by atoms with Crippen molar-refractivity contribution in [2.45, 2.75) is 70.7 Å². The van der Waals surface area contributed by atoms with Gasteiger partial charge in [-0.25, -0.2) is 0 Å². The Kier molecular flexibility index (Phi) is 8.49. The van der Waals surface area contributed by atoms with Crippen molar-refractivity contribution in [3.63, 3.8) is 0 Å². The Hall–Kier alpha value is -0.660. The lowest BCUT2D eigenvalue weighted by Crippen LogP contribution is -2.39. The summed E-state index contributed by atoms with van der Waals surface area (Å²) in [6, 6.07) is 10.4. The third-order valence-corrected chi connectivity index (χ3v) is 5.24. The quantitative estimate of drug-likeness (QED) is 0.243. The Morgan fingerprint density at radius 3 is 2.62 bits per heavy atom. The van der Waals surface area contributed by atoms with Crippen LogP contribution in [0.4, 0.5) is 0 Å². The number of nitrogens with zero attached hydrogens (tertiary/aromatic N) is 1. The second kappa shape index (κ2) is 10.4. The summed E-state index contributed by atoms with van der Waals surface area (Å²) in [6.07, 6.45) is 5.59. The maximum atomic E-state index is 11.5. The maximum absolute atomic E-state index is 11.5. The van der Waals surface area contributed by atoms with Gasteiger partial charge in [0.15, 0.2) is 0 Å². The molecule has 0 aromatic heterocycles. The molecular formula is C19H28INO3. The Labute approximate surface area is 159 Å². The molecule has 0 spiro atoms. The van der Waals surface area contributed by atoms with E-state index in [1.807, 2.05) is 23.3 Å². The van der Waals surface area contributed by atoms with Crippen LogP contribution in [0.2, 0.25) is 0 Å². The van der Waals surface area contributed by atoms with E-state index in [1.54, 1.807) is 0 Å². The van der Waals surface area contributed by atoms with Crippen LogP contribution in [0.25, 0.3) is 0 Å². The summed E-state index contributed by atoms with van der Waals surface area (Å²) >= 11 is 2.31. The fraction of sp³-hybridized carbons (Fsp3) is 0.632. The Bertz CT molecular complexity index is 497. The largest absolute Gasteiger partial charge is 0.458 e. The predicted molar refractivity (Wildman–Crippen MR) is 104 cm³/mol. The van der Waals surface area contributed by atoms with Gasteiger partial charge in [0, 0.05) is 17.9 Å². The van der Waals surface area contributed by atoms with Gasteiger partial charge in [-0.1, -0.05) is 85.5 Å². The van der Waals surface area contributed by atoms with Gasteiger partial charge in [0.25, 0.3) is 0 Å². The van der Waals surface area contributed by atoms with Crippen LogP contribution in [0, 0.1) is 0 Å². The molecule has 24 heavy (non-hydrogen) atoms. The number of carbonyl (C=O) groups excluding carboxylic acids is 1. The van der Waals surface area contributed by atoms with E-state index in [4.69, 9.17) is 9.57 Å². The van der Waals surface area contributed by atoms with Crippen molar-refractivity contribution in [2.75, 3.05) is 4.43 Å². The number of esters is 1. The van der Waals surface area contributed by atoms with E-state index < -0.39 is 0 Å².